The summed E-state index contributed by atoms with van der Waals surface area (Å²) in [4.78, 5) is 8.66. The third-order valence-corrected chi connectivity index (χ3v) is 3.30. The minimum atomic E-state index is 0.169. The number of hydrogen-bond donors (Lipinski definition) is 3. The second-order valence-electron chi connectivity index (χ2n) is 4.92. The van der Waals surface area contributed by atoms with E-state index in [0.29, 0.717) is 0 Å². The fourth-order valence-corrected chi connectivity index (χ4v) is 1.86. The van der Waals surface area contributed by atoms with Crippen molar-refractivity contribution in [1.29, 1.82) is 0 Å². The highest BCUT2D eigenvalue weighted by atomic mass is 16.3. The number of nitrogens with one attached hydrogen (secondary N) is 2. The van der Waals surface area contributed by atoms with Crippen LogP contribution in [-0.2, 0) is 6.42 Å². The molecule has 0 aromatic carbocycles. The van der Waals surface area contributed by atoms with Crippen molar-refractivity contribution in [2.75, 3.05) is 23.8 Å². The molecule has 19 heavy (non-hydrogen) atoms. The third-order valence-electron chi connectivity index (χ3n) is 3.30. The lowest BCUT2D eigenvalue weighted by Crippen LogP contribution is -2.27. The largest absolute Gasteiger partial charge is 0.396 e. The zero-order valence-corrected chi connectivity index (χ0v) is 12.4. The molecule has 1 rings (SSSR count). The van der Waals surface area contributed by atoms with Gasteiger partial charge in [-0.25, -0.2) is 9.97 Å². The number of aliphatic hydroxyl groups is 1. The molecule has 0 amide bonds. The maximum Gasteiger partial charge on any atom is 0.134 e. The van der Waals surface area contributed by atoms with Crippen LogP contribution in [0.25, 0.3) is 0 Å². The van der Waals surface area contributed by atoms with Crippen LogP contribution in [0.5, 0.6) is 0 Å². The Morgan fingerprint density at radius 1 is 1.21 bits per heavy atom. The summed E-state index contributed by atoms with van der Waals surface area (Å²) in [7, 11) is 0. The molecule has 0 aliphatic heterocycles. The number of anilines is 2. The first kappa shape index (κ1) is 15.7. The highest BCUT2D eigenvalue weighted by molar-refractivity contribution is 5.57. The molecule has 0 aliphatic rings. The summed E-state index contributed by atoms with van der Waals surface area (Å²) in [6.45, 7) is 9.29. The average molecular weight is 266 g/mol. The molecule has 2 atom stereocenters. The van der Waals surface area contributed by atoms with E-state index in [1.54, 1.807) is 6.33 Å². The maximum atomic E-state index is 9.21. The minimum Gasteiger partial charge on any atom is -0.396 e. The molecule has 1 aromatic heterocycles. The molecule has 0 saturated carbocycles. The molecule has 2 unspecified atom stereocenters. The lowest BCUT2D eigenvalue weighted by atomic mass is 10.0. The van der Waals surface area contributed by atoms with Crippen molar-refractivity contribution in [3.63, 3.8) is 0 Å². The fraction of sp³-hybridized carbons (Fsp3) is 0.714. The molecule has 5 heteroatoms. The summed E-state index contributed by atoms with van der Waals surface area (Å²) >= 11 is 0. The summed E-state index contributed by atoms with van der Waals surface area (Å²) in [6.07, 6.45) is 3.56. The molecule has 0 spiro atoms. The fourth-order valence-electron chi connectivity index (χ4n) is 1.86. The van der Waals surface area contributed by atoms with Gasteiger partial charge in [0.1, 0.15) is 18.0 Å². The number of aliphatic hydroxyl groups excluding tert-OH is 1. The van der Waals surface area contributed by atoms with Gasteiger partial charge in [-0.2, -0.15) is 0 Å². The van der Waals surface area contributed by atoms with E-state index in [0.717, 1.165) is 36.6 Å². The van der Waals surface area contributed by atoms with Gasteiger partial charge in [0.2, 0.25) is 0 Å². The molecule has 0 bridgehead atoms. The van der Waals surface area contributed by atoms with Crippen molar-refractivity contribution in [2.45, 2.75) is 46.6 Å². The minimum absolute atomic E-state index is 0.169. The topological polar surface area (TPSA) is 70.1 Å². The lowest BCUT2D eigenvalue weighted by molar-refractivity contribution is 0.226. The van der Waals surface area contributed by atoms with Crippen LogP contribution in [0.3, 0.4) is 0 Å². The zero-order chi connectivity index (χ0) is 14.3. The van der Waals surface area contributed by atoms with Gasteiger partial charge in [0.25, 0.3) is 0 Å². The Labute approximate surface area is 115 Å². The van der Waals surface area contributed by atoms with Crippen LogP contribution < -0.4 is 10.6 Å². The summed E-state index contributed by atoms with van der Waals surface area (Å²) in [5.74, 6) is 1.97. The number of nitrogens with zero attached hydrogens (tertiary/aromatic N) is 2. The van der Waals surface area contributed by atoms with Crippen molar-refractivity contribution in [2.24, 2.45) is 5.92 Å². The Bertz CT molecular complexity index is 384. The highest BCUT2D eigenvalue weighted by Crippen LogP contribution is 2.23. The Balaban J connectivity index is 2.95. The molecule has 0 fully saturated rings. The maximum absolute atomic E-state index is 9.21. The Morgan fingerprint density at radius 2 is 1.89 bits per heavy atom. The average Bonchev–Trinajstić information content (AvgIpc) is 2.41. The van der Waals surface area contributed by atoms with Crippen LogP contribution >= 0.6 is 0 Å². The van der Waals surface area contributed by atoms with Crippen molar-refractivity contribution in [3.8, 4) is 0 Å². The van der Waals surface area contributed by atoms with E-state index in [4.69, 9.17) is 0 Å². The van der Waals surface area contributed by atoms with Crippen molar-refractivity contribution in [3.05, 3.63) is 11.9 Å². The van der Waals surface area contributed by atoms with E-state index in [1.807, 2.05) is 6.92 Å². The van der Waals surface area contributed by atoms with Crippen molar-refractivity contribution < 1.29 is 5.11 Å². The number of aromatic nitrogens is 2. The lowest BCUT2D eigenvalue weighted by Gasteiger charge is -2.22. The Morgan fingerprint density at radius 3 is 2.47 bits per heavy atom. The van der Waals surface area contributed by atoms with Gasteiger partial charge in [0.15, 0.2) is 0 Å². The van der Waals surface area contributed by atoms with E-state index in [2.05, 4.69) is 41.4 Å². The summed E-state index contributed by atoms with van der Waals surface area (Å²) in [6, 6.07) is 0.171. The van der Waals surface area contributed by atoms with Crippen LogP contribution in [0.4, 0.5) is 11.6 Å². The normalized spacial score (nSPS) is 13.9. The smallest absolute Gasteiger partial charge is 0.134 e. The van der Waals surface area contributed by atoms with E-state index >= 15 is 0 Å². The van der Waals surface area contributed by atoms with E-state index in [1.165, 1.54) is 0 Å². The number of rotatable bonds is 8. The van der Waals surface area contributed by atoms with E-state index in [-0.39, 0.29) is 18.6 Å². The van der Waals surface area contributed by atoms with Gasteiger partial charge in [0, 0.05) is 24.8 Å². The first-order chi connectivity index (χ1) is 9.13. The van der Waals surface area contributed by atoms with Crippen LogP contribution in [0, 0.1) is 5.92 Å². The summed E-state index contributed by atoms with van der Waals surface area (Å²) in [5, 5.41) is 15.9. The molecule has 0 aliphatic carbocycles. The number of hydrogen-bond acceptors (Lipinski definition) is 5. The van der Waals surface area contributed by atoms with Gasteiger partial charge < -0.3 is 15.7 Å². The van der Waals surface area contributed by atoms with Gasteiger partial charge in [0.05, 0.1) is 0 Å². The first-order valence-corrected chi connectivity index (χ1v) is 7.09. The Kier molecular flexibility index (Phi) is 6.56. The second kappa shape index (κ2) is 7.94. The molecule has 1 heterocycles. The van der Waals surface area contributed by atoms with Gasteiger partial charge >= 0.3 is 0 Å². The Hall–Kier alpha value is -1.36. The summed E-state index contributed by atoms with van der Waals surface area (Å²) < 4.78 is 0. The van der Waals surface area contributed by atoms with Gasteiger partial charge in [-0.3, -0.25) is 0 Å². The van der Waals surface area contributed by atoms with Crippen molar-refractivity contribution in [1.82, 2.24) is 9.97 Å². The van der Waals surface area contributed by atoms with E-state index < -0.39 is 0 Å². The van der Waals surface area contributed by atoms with Gasteiger partial charge in [-0.05, 0) is 26.2 Å². The molecule has 1 aromatic rings. The van der Waals surface area contributed by atoms with Crippen LogP contribution in [-0.4, -0.2) is 34.3 Å². The molecule has 5 nitrogen and oxygen atoms in total. The van der Waals surface area contributed by atoms with Gasteiger partial charge in [-0.15, -0.1) is 0 Å². The summed E-state index contributed by atoms with van der Waals surface area (Å²) in [5.41, 5.74) is 1.13. The predicted molar refractivity (Wildman–Crippen MR) is 79.5 cm³/mol. The highest BCUT2D eigenvalue weighted by Gasteiger charge is 2.15. The van der Waals surface area contributed by atoms with E-state index in [9.17, 15) is 5.11 Å². The second-order valence-corrected chi connectivity index (χ2v) is 4.92. The molecule has 0 saturated heterocycles. The van der Waals surface area contributed by atoms with Crippen LogP contribution in [0.1, 0.15) is 39.7 Å². The molecular formula is C14H26N4O. The predicted octanol–water partition coefficient (Wildman–Crippen LogP) is 2.29. The zero-order valence-electron chi connectivity index (χ0n) is 12.4. The van der Waals surface area contributed by atoms with Crippen LogP contribution in [0.2, 0.25) is 0 Å². The molecular weight excluding hydrogens is 240 g/mol. The SMILES string of the molecule is CCCc1c(NCC)ncnc1NC(C)C(C)CO. The monoisotopic (exact) mass is 266 g/mol. The molecule has 0 radical (unpaired) electrons. The third kappa shape index (κ3) is 4.35. The van der Waals surface area contributed by atoms with Crippen molar-refractivity contribution >= 4 is 11.6 Å². The molecule has 3 N–H and O–H groups in total. The quantitative estimate of drug-likeness (QED) is 0.673. The molecule has 108 valence electrons. The first-order valence-electron chi connectivity index (χ1n) is 7.09. The van der Waals surface area contributed by atoms with Crippen LogP contribution in [0.15, 0.2) is 6.33 Å². The standard InChI is InChI=1S/C14H26N4O/c1-5-7-12-13(15-6-2)16-9-17-14(12)18-11(4)10(3)8-19/h9-11,19H,5-8H2,1-4H3,(H2,15,16,17,18). The van der Waals surface area contributed by atoms with Gasteiger partial charge in [-0.1, -0.05) is 20.3 Å².